The smallest absolute Gasteiger partial charge is 0.250 e. The topological polar surface area (TPSA) is 54.3 Å². The third-order valence-corrected chi connectivity index (χ3v) is 7.27. The minimum absolute atomic E-state index is 0.0772. The fraction of sp³-hybridized carbons (Fsp3) is 0.500. The first-order chi connectivity index (χ1) is 11.0. The van der Waals surface area contributed by atoms with Crippen LogP contribution in [0.4, 0.5) is 0 Å². The minimum atomic E-state index is -3.44. The maximum absolute atomic E-state index is 12.5. The predicted molar refractivity (Wildman–Crippen MR) is 93.2 cm³/mol. The third kappa shape index (κ3) is 3.68. The van der Waals surface area contributed by atoms with E-state index in [2.05, 4.69) is 20.3 Å². The van der Waals surface area contributed by atoms with Crippen molar-refractivity contribution in [3.63, 3.8) is 0 Å². The van der Waals surface area contributed by atoms with Crippen molar-refractivity contribution in [3.8, 4) is 0 Å². The molecular weight excluding hydrogens is 330 g/mol. The van der Waals surface area contributed by atoms with E-state index in [9.17, 15) is 8.42 Å². The molecule has 1 saturated heterocycles. The van der Waals surface area contributed by atoms with Crippen molar-refractivity contribution in [2.75, 3.05) is 19.6 Å². The van der Waals surface area contributed by atoms with Gasteiger partial charge in [-0.2, -0.15) is 0 Å². The molecule has 0 unspecified atom stereocenters. The average molecular weight is 354 g/mol. The number of aromatic nitrogens is 1. The number of likely N-dealkylation sites (tertiary alicyclic amines) is 1. The first-order valence-corrected chi connectivity index (χ1v) is 10.2. The summed E-state index contributed by atoms with van der Waals surface area (Å²) >= 11 is 1.31. The zero-order valence-electron chi connectivity index (χ0n) is 13.5. The van der Waals surface area contributed by atoms with Crippen LogP contribution in [0.1, 0.15) is 29.5 Å². The Morgan fingerprint density at radius 2 is 2.00 bits per heavy atom. The van der Waals surface area contributed by atoms with E-state index in [1.807, 2.05) is 32.3 Å². The van der Waals surface area contributed by atoms with Gasteiger partial charge in [0.15, 0.2) is 0 Å². The van der Waals surface area contributed by atoms with Crippen LogP contribution in [-0.4, -0.2) is 37.5 Å². The van der Waals surface area contributed by atoms with Crippen LogP contribution < -0.4 is 4.72 Å². The van der Waals surface area contributed by atoms with Gasteiger partial charge in [0, 0.05) is 30.4 Å². The van der Waals surface area contributed by atoms with Crippen molar-refractivity contribution in [1.82, 2.24) is 14.2 Å². The number of hydrogen-bond donors (Lipinski definition) is 1. The Morgan fingerprint density at radius 1 is 1.26 bits per heavy atom. The zero-order valence-corrected chi connectivity index (χ0v) is 15.2. The number of sulfonamides is 1. The second-order valence-electron chi connectivity index (χ2n) is 6.02. The first-order valence-electron chi connectivity index (χ1n) is 7.89. The highest BCUT2D eigenvalue weighted by molar-refractivity contribution is 7.91. The van der Waals surface area contributed by atoms with Crippen LogP contribution >= 0.6 is 11.3 Å². The van der Waals surface area contributed by atoms with Crippen LogP contribution in [0.2, 0.25) is 0 Å². The van der Waals surface area contributed by atoms with Crippen molar-refractivity contribution >= 4 is 21.4 Å². The van der Waals surface area contributed by atoms with E-state index in [4.69, 9.17) is 0 Å². The molecule has 0 amide bonds. The number of thiophene rings is 1. The standard InChI is InChI=1S/C16H23N3O2S2/c1-13-7-8-16(22-13)23(20,21)17-12-15(19-10-3-4-11-19)14-6-5-9-18(14)2/h5-9,15,17H,3-4,10-12H2,1-2H3/t15-/m1/s1. The Hall–Kier alpha value is -1.15. The van der Waals surface area contributed by atoms with Crippen molar-refractivity contribution in [2.24, 2.45) is 7.05 Å². The molecule has 1 aliphatic heterocycles. The molecule has 7 heteroatoms. The molecule has 0 saturated carbocycles. The van der Waals surface area contributed by atoms with E-state index >= 15 is 0 Å². The summed E-state index contributed by atoms with van der Waals surface area (Å²) in [7, 11) is -1.43. The second-order valence-corrected chi connectivity index (χ2v) is 9.30. The number of aryl methyl sites for hydroxylation is 2. The van der Waals surface area contributed by atoms with Crippen LogP contribution in [0.5, 0.6) is 0 Å². The van der Waals surface area contributed by atoms with E-state index in [1.54, 1.807) is 6.07 Å². The van der Waals surface area contributed by atoms with E-state index in [0.717, 1.165) is 23.7 Å². The van der Waals surface area contributed by atoms with Crippen LogP contribution in [0.15, 0.2) is 34.7 Å². The van der Waals surface area contributed by atoms with Crippen molar-refractivity contribution in [3.05, 3.63) is 41.0 Å². The number of hydrogen-bond acceptors (Lipinski definition) is 4. The lowest BCUT2D eigenvalue weighted by atomic mass is 10.2. The average Bonchev–Trinajstić information content (AvgIpc) is 3.22. The fourth-order valence-corrected chi connectivity index (χ4v) is 5.48. The molecule has 0 spiro atoms. The van der Waals surface area contributed by atoms with Gasteiger partial charge in [-0.25, -0.2) is 13.1 Å². The second kappa shape index (κ2) is 6.76. The molecular formula is C16H23N3O2S2. The quantitative estimate of drug-likeness (QED) is 0.868. The van der Waals surface area contributed by atoms with E-state index < -0.39 is 10.0 Å². The van der Waals surface area contributed by atoms with E-state index in [-0.39, 0.29) is 6.04 Å². The van der Waals surface area contributed by atoms with Gasteiger partial charge in [-0.05, 0) is 57.1 Å². The largest absolute Gasteiger partial charge is 0.353 e. The summed E-state index contributed by atoms with van der Waals surface area (Å²) in [6, 6.07) is 7.68. The Balaban J connectivity index is 1.78. The molecule has 23 heavy (non-hydrogen) atoms. The maximum Gasteiger partial charge on any atom is 0.250 e. The van der Waals surface area contributed by atoms with Crippen LogP contribution in [0, 0.1) is 6.92 Å². The summed E-state index contributed by atoms with van der Waals surface area (Å²) in [5, 5.41) is 0. The van der Waals surface area contributed by atoms with Gasteiger partial charge < -0.3 is 4.57 Å². The first kappa shape index (κ1) is 16.7. The molecule has 0 radical (unpaired) electrons. The highest BCUT2D eigenvalue weighted by Gasteiger charge is 2.27. The normalized spacial score (nSPS) is 17.7. The molecule has 126 valence electrons. The van der Waals surface area contributed by atoms with Crippen LogP contribution in [-0.2, 0) is 17.1 Å². The summed E-state index contributed by atoms with van der Waals surface area (Å²) in [6.07, 6.45) is 4.37. The summed E-state index contributed by atoms with van der Waals surface area (Å²) in [5.74, 6) is 0. The van der Waals surface area contributed by atoms with Crippen molar-refractivity contribution < 1.29 is 8.42 Å². The Bertz CT molecular complexity index is 758. The highest BCUT2D eigenvalue weighted by atomic mass is 32.2. The van der Waals surface area contributed by atoms with Gasteiger partial charge in [-0.1, -0.05) is 0 Å². The zero-order chi connectivity index (χ0) is 16.4. The number of nitrogens with zero attached hydrogens (tertiary/aromatic N) is 2. The van der Waals surface area contributed by atoms with Gasteiger partial charge >= 0.3 is 0 Å². The highest BCUT2D eigenvalue weighted by Crippen LogP contribution is 2.26. The molecule has 3 rings (SSSR count). The van der Waals surface area contributed by atoms with E-state index in [1.165, 1.54) is 24.2 Å². The molecule has 3 heterocycles. The molecule has 1 atom stereocenters. The summed E-state index contributed by atoms with van der Waals surface area (Å²) in [5.41, 5.74) is 1.15. The summed E-state index contributed by atoms with van der Waals surface area (Å²) in [4.78, 5) is 3.38. The van der Waals surface area contributed by atoms with Gasteiger partial charge in [-0.15, -0.1) is 11.3 Å². The molecule has 1 fully saturated rings. The van der Waals surface area contributed by atoms with Gasteiger partial charge in [-0.3, -0.25) is 4.90 Å². The molecule has 0 bridgehead atoms. The number of rotatable bonds is 6. The minimum Gasteiger partial charge on any atom is -0.353 e. The lowest BCUT2D eigenvalue weighted by molar-refractivity contribution is 0.238. The fourth-order valence-electron chi connectivity index (χ4n) is 3.11. The predicted octanol–water partition coefficient (Wildman–Crippen LogP) is 2.51. The van der Waals surface area contributed by atoms with Gasteiger partial charge in [0.05, 0.1) is 6.04 Å². The monoisotopic (exact) mass is 353 g/mol. The molecule has 5 nitrogen and oxygen atoms in total. The molecule has 1 N–H and O–H groups in total. The number of nitrogens with one attached hydrogen (secondary N) is 1. The Morgan fingerprint density at radius 3 is 2.57 bits per heavy atom. The molecule has 0 aromatic carbocycles. The third-order valence-electron chi connectivity index (χ3n) is 4.35. The maximum atomic E-state index is 12.5. The van der Waals surface area contributed by atoms with Gasteiger partial charge in [0.1, 0.15) is 4.21 Å². The molecule has 2 aromatic heterocycles. The van der Waals surface area contributed by atoms with Crippen LogP contribution in [0.25, 0.3) is 0 Å². The SMILES string of the molecule is Cc1ccc(S(=O)(=O)NC[C@H](c2cccn2C)N2CCCC2)s1. The van der Waals surface area contributed by atoms with Gasteiger partial charge in [0.2, 0.25) is 10.0 Å². The van der Waals surface area contributed by atoms with Gasteiger partial charge in [0.25, 0.3) is 0 Å². The lowest BCUT2D eigenvalue weighted by Gasteiger charge is -2.28. The Kier molecular flexibility index (Phi) is 4.91. The van der Waals surface area contributed by atoms with Crippen molar-refractivity contribution in [1.29, 1.82) is 0 Å². The van der Waals surface area contributed by atoms with Crippen molar-refractivity contribution in [2.45, 2.75) is 30.0 Å². The summed E-state index contributed by atoms with van der Waals surface area (Å²) in [6.45, 7) is 4.36. The summed E-state index contributed by atoms with van der Waals surface area (Å²) < 4.78 is 30.3. The Labute approximate surface area is 142 Å². The molecule has 1 aliphatic rings. The lowest BCUT2D eigenvalue weighted by Crippen LogP contribution is -2.37. The molecule has 0 aliphatic carbocycles. The molecule has 2 aromatic rings. The van der Waals surface area contributed by atoms with E-state index in [0.29, 0.717) is 10.8 Å². The van der Waals surface area contributed by atoms with Crippen LogP contribution in [0.3, 0.4) is 0 Å².